The van der Waals surface area contributed by atoms with Crippen molar-refractivity contribution in [1.29, 1.82) is 0 Å². The number of carbonyl (C=O) groups is 2. The van der Waals surface area contributed by atoms with E-state index < -0.39 is 28.0 Å². The fraction of sp³-hybridized carbons (Fsp3) is 0.364. The molecular weight excluding hydrogens is 404 g/mol. The van der Waals surface area contributed by atoms with Crippen LogP contribution in [0.2, 0.25) is 0 Å². The first-order valence-corrected chi connectivity index (χ1v) is 11.2. The number of anilines is 1. The molecule has 1 amide bonds. The van der Waals surface area contributed by atoms with Crippen molar-refractivity contribution in [3.05, 3.63) is 59.2 Å². The predicted molar refractivity (Wildman–Crippen MR) is 116 cm³/mol. The first-order chi connectivity index (χ1) is 14.1. The molecule has 0 heterocycles. The molecule has 1 N–H and O–H groups in total. The lowest BCUT2D eigenvalue weighted by molar-refractivity contribution is -0.123. The Hall–Kier alpha value is -2.71. The Kier molecular flexibility index (Phi) is 7.75. The Bertz CT molecular complexity index is 1030. The third-order valence-electron chi connectivity index (χ3n) is 4.69. The molecule has 0 bridgehead atoms. The van der Waals surface area contributed by atoms with Gasteiger partial charge >= 0.3 is 5.97 Å². The van der Waals surface area contributed by atoms with Gasteiger partial charge in [-0.15, -0.1) is 0 Å². The minimum atomic E-state index is -3.73. The van der Waals surface area contributed by atoms with Crippen molar-refractivity contribution in [3.63, 3.8) is 0 Å². The van der Waals surface area contributed by atoms with E-state index in [1.807, 2.05) is 19.1 Å². The smallest absolute Gasteiger partial charge is 0.338 e. The first kappa shape index (κ1) is 23.6. The number of hydrogen-bond donors (Lipinski definition) is 1. The number of amides is 1. The fourth-order valence-corrected chi connectivity index (χ4v) is 4.67. The molecule has 7 nitrogen and oxygen atoms in total. The molecule has 0 saturated heterocycles. The van der Waals surface area contributed by atoms with Crippen LogP contribution in [0.15, 0.2) is 47.4 Å². The van der Waals surface area contributed by atoms with Crippen LogP contribution in [0.1, 0.15) is 42.3 Å². The van der Waals surface area contributed by atoms with Gasteiger partial charge in [-0.1, -0.05) is 32.0 Å². The molecule has 0 radical (unpaired) electrons. The summed E-state index contributed by atoms with van der Waals surface area (Å²) in [6.07, 6.45) is -1.05. The van der Waals surface area contributed by atoms with Gasteiger partial charge < -0.3 is 10.1 Å². The number of carbonyl (C=O) groups excluding carboxylic acids is 2. The lowest BCUT2D eigenvalue weighted by Crippen LogP contribution is -2.32. The zero-order valence-corrected chi connectivity index (χ0v) is 18.7. The molecule has 1 unspecified atom stereocenters. The number of hydrogen-bond acceptors (Lipinski definition) is 5. The van der Waals surface area contributed by atoms with E-state index in [4.69, 9.17) is 4.74 Å². The molecule has 0 spiro atoms. The molecule has 0 fully saturated rings. The fourth-order valence-electron chi connectivity index (χ4n) is 2.96. The number of rotatable bonds is 8. The van der Waals surface area contributed by atoms with Crippen molar-refractivity contribution in [1.82, 2.24) is 4.31 Å². The standard InChI is InChI=1S/C22H28N2O5S/c1-6-24(7-2)30(27,28)20-14-18(12-11-16(20)4)22(26)29-17(5)21(25)23-19-10-8-9-15(3)13-19/h8-14,17H,6-7H2,1-5H3,(H,23,25). The number of benzene rings is 2. The summed E-state index contributed by atoms with van der Waals surface area (Å²) in [6.45, 7) is 9.19. The summed E-state index contributed by atoms with van der Waals surface area (Å²) in [6, 6.07) is 11.6. The Balaban J connectivity index is 2.18. The van der Waals surface area contributed by atoms with E-state index in [2.05, 4.69) is 5.32 Å². The maximum Gasteiger partial charge on any atom is 0.338 e. The van der Waals surface area contributed by atoms with Gasteiger partial charge in [0.05, 0.1) is 10.5 Å². The third-order valence-corrected chi connectivity index (χ3v) is 6.88. The average Bonchev–Trinajstić information content (AvgIpc) is 2.68. The largest absolute Gasteiger partial charge is 0.449 e. The number of ether oxygens (including phenoxy) is 1. The van der Waals surface area contributed by atoms with E-state index in [9.17, 15) is 18.0 Å². The van der Waals surface area contributed by atoms with Gasteiger partial charge in [0.1, 0.15) is 0 Å². The van der Waals surface area contributed by atoms with Crippen molar-refractivity contribution in [2.75, 3.05) is 18.4 Å². The normalized spacial score (nSPS) is 12.5. The SMILES string of the molecule is CCN(CC)S(=O)(=O)c1cc(C(=O)OC(C)C(=O)Nc2cccc(C)c2)ccc1C. The van der Waals surface area contributed by atoms with Crippen LogP contribution >= 0.6 is 0 Å². The van der Waals surface area contributed by atoms with E-state index in [0.29, 0.717) is 24.3 Å². The highest BCUT2D eigenvalue weighted by Crippen LogP contribution is 2.22. The first-order valence-electron chi connectivity index (χ1n) is 9.79. The van der Waals surface area contributed by atoms with Crippen molar-refractivity contribution >= 4 is 27.6 Å². The third kappa shape index (κ3) is 5.46. The quantitative estimate of drug-likeness (QED) is 0.645. The van der Waals surface area contributed by atoms with E-state index in [0.717, 1.165) is 5.56 Å². The molecular formula is C22H28N2O5S. The van der Waals surface area contributed by atoms with Crippen molar-refractivity contribution in [3.8, 4) is 0 Å². The van der Waals surface area contributed by atoms with Gasteiger partial charge in [0, 0.05) is 18.8 Å². The Morgan fingerprint density at radius 1 is 1.07 bits per heavy atom. The second kappa shape index (κ2) is 9.86. The zero-order chi connectivity index (χ0) is 22.5. The van der Waals surface area contributed by atoms with Gasteiger partial charge in [-0.2, -0.15) is 4.31 Å². The predicted octanol–water partition coefficient (Wildman–Crippen LogP) is 3.52. The van der Waals surface area contributed by atoms with Gasteiger partial charge in [0.25, 0.3) is 5.91 Å². The summed E-state index contributed by atoms with van der Waals surface area (Å²) >= 11 is 0. The summed E-state index contributed by atoms with van der Waals surface area (Å²) in [4.78, 5) is 25.0. The molecule has 0 aromatic heterocycles. The molecule has 0 aliphatic rings. The minimum absolute atomic E-state index is 0.0533. The average molecular weight is 433 g/mol. The van der Waals surface area contributed by atoms with Crippen LogP contribution in [-0.2, 0) is 19.6 Å². The highest BCUT2D eigenvalue weighted by molar-refractivity contribution is 7.89. The number of sulfonamides is 1. The maximum absolute atomic E-state index is 12.9. The molecule has 0 aliphatic carbocycles. The maximum atomic E-state index is 12.9. The van der Waals surface area contributed by atoms with Gasteiger partial charge in [0.15, 0.2) is 6.10 Å². The highest BCUT2D eigenvalue weighted by atomic mass is 32.2. The Morgan fingerprint density at radius 2 is 1.73 bits per heavy atom. The Morgan fingerprint density at radius 3 is 2.33 bits per heavy atom. The second-order valence-electron chi connectivity index (χ2n) is 6.98. The molecule has 2 aromatic rings. The van der Waals surface area contributed by atoms with Crippen LogP contribution in [-0.4, -0.2) is 43.8 Å². The highest BCUT2D eigenvalue weighted by Gasteiger charge is 2.26. The van der Waals surface area contributed by atoms with Crippen molar-refractivity contribution in [2.24, 2.45) is 0 Å². The van der Waals surface area contributed by atoms with Crippen LogP contribution in [0.5, 0.6) is 0 Å². The number of nitrogens with zero attached hydrogens (tertiary/aromatic N) is 1. The van der Waals surface area contributed by atoms with E-state index >= 15 is 0 Å². The number of aryl methyl sites for hydroxylation is 2. The Labute approximate surface area is 178 Å². The van der Waals surface area contributed by atoms with Gasteiger partial charge in [-0.3, -0.25) is 4.79 Å². The molecule has 2 rings (SSSR count). The van der Waals surface area contributed by atoms with E-state index in [1.165, 1.54) is 23.4 Å². The number of esters is 1. The van der Waals surface area contributed by atoms with E-state index in [1.54, 1.807) is 39.0 Å². The molecule has 2 aromatic carbocycles. The van der Waals surface area contributed by atoms with E-state index in [-0.39, 0.29) is 10.5 Å². The number of nitrogens with one attached hydrogen (secondary N) is 1. The summed E-state index contributed by atoms with van der Waals surface area (Å²) in [7, 11) is -3.73. The summed E-state index contributed by atoms with van der Waals surface area (Å²) in [5, 5.41) is 2.70. The lowest BCUT2D eigenvalue weighted by atomic mass is 10.1. The monoisotopic (exact) mass is 432 g/mol. The van der Waals surface area contributed by atoms with Crippen LogP contribution in [0.3, 0.4) is 0 Å². The van der Waals surface area contributed by atoms with Crippen LogP contribution in [0.4, 0.5) is 5.69 Å². The van der Waals surface area contributed by atoms with Crippen molar-refractivity contribution in [2.45, 2.75) is 45.6 Å². The zero-order valence-electron chi connectivity index (χ0n) is 17.9. The van der Waals surface area contributed by atoms with Crippen molar-refractivity contribution < 1.29 is 22.7 Å². The summed E-state index contributed by atoms with van der Waals surface area (Å²) in [5.74, 6) is -1.24. The lowest BCUT2D eigenvalue weighted by Gasteiger charge is -2.20. The molecule has 162 valence electrons. The van der Waals surface area contributed by atoms with Gasteiger partial charge in [0.2, 0.25) is 10.0 Å². The topological polar surface area (TPSA) is 92.8 Å². The molecule has 8 heteroatoms. The molecule has 30 heavy (non-hydrogen) atoms. The second-order valence-corrected chi connectivity index (χ2v) is 8.88. The minimum Gasteiger partial charge on any atom is -0.449 e. The van der Waals surface area contributed by atoms with Crippen LogP contribution in [0.25, 0.3) is 0 Å². The van der Waals surface area contributed by atoms with Gasteiger partial charge in [-0.25, -0.2) is 13.2 Å². The molecule has 0 saturated carbocycles. The van der Waals surface area contributed by atoms with Crippen LogP contribution in [0, 0.1) is 13.8 Å². The summed E-state index contributed by atoms with van der Waals surface area (Å²) in [5.41, 5.74) is 2.19. The summed E-state index contributed by atoms with van der Waals surface area (Å²) < 4.78 is 32.3. The molecule has 1 atom stereocenters. The van der Waals surface area contributed by atoms with Crippen LogP contribution < -0.4 is 5.32 Å². The van der Waals surface area contributed by atoms with Gasteiger partial charge in [-0.05, 0) is 56.2 Å². The molecule has 0 aliphatic heterocycles.